The highest BCUT2D eigenvalue weighted by Crippen LogP contribution is 2.22. The molecule has 1 saturated heterocycles. The molecule has 1 aliphatic rings. The van der Waals surface area contributed by atoms with Crippen LogP contribution in [0.3, 0.4) is 0 Å². The lowest BCUT2D eigenvalue weighted by Gasteiger charge is -2.20. The molecule has 2 atom stereocenters. The molecule has 1 aromatic carbocycles. The van der Waals surface area contributed by atoms with Gasteiger partial charge in [0.2, 0.25) is 0 Å². The number of hydrogen-bond acceptors (Lipinski definition) is 4. The van der Waals surface area contributed by atoms with E-state index in [1.807, 2.05) is 18.2 Å². The van der Waals surface area contributed by atoms with Gasteiger partial charge in [0, 0.05) is 25.8 Å². The van der Waals surface area contributed by atoms with Crippen LogP contribution in [-0.2, 0) is 0 Å². The number of aliphatic hydroxyl groups excluding tert-OH is 1. The van der Waals surface area contributed by atoms with Gasteiger partial charge in [0.05, 0.1) is 6.10 Å². The first-order valence-corrected chi connectivity index (χ1v) is 8.12. The Labute approximate surface area is 140 Å². The van der Waals surface area contributed by atoms with Gasteiger partial charge in [0.25, 0.3) is 0 Å². The van der Waals surface area contributed by atoms with E-state index in [2.05, 4.69) is 15.2 Å². The summed E-state index contributed by atoms with van der Waals surface area (Å²) >= 11 is 0. The third kappa shape index (κ3) is 4.27. The van der Waals surface area contributed by atoms with Crippen LogP contribution < -0.4 is 5.32 Å². The Hall–Kier alpha value is -2.05. The van der Waals surface area contributed by atoms with E-state index in [4.69, 9.17) is 0 Å². The first-order valence-electron chi connectivity index (χ1n) is 8.12. The molecule has 0 aliphatic carbocycles. The fraction of sp³-hybridized carbons (Fsp3) is 0.389. The molecular weight excluding hydrogens is 312 g/mol. The maximum Gasteiger partial charge on any atom is 0.159 e. The normalized spacial score (nSPS) is 19.4. The Morgan fingerprint density at radius 1 is 1.25 bits per heavy atom. The number of nitrogens with one attached hydrogen (secondary N) is 1. The first-order chi connectivity index (χ1) is 11.6. The number of anilines is 1. The Balaban J connectivity index is 1.47. The van der Waals surface area contributed by atoms with Crippen molar-refractivity contribution in [1.29, 1.82) is 0 Å². The van der Waals surface area contributed by atoms with Crippen molar-refractivity contribution in [2.75, 3.05) is 31.5 Å². The quantitative estimate of drug-likeness (QED) is 0.853. The highest BCUT2D eigenvalue weighted by atomic mass is 19.2. The minimum Gasteiger partial charge on any atom is -0.387 e. The Morgan fingerprint density at radius 2 is 2.12 bits per heavy atom. The molecule has 128 valence electrons. The highest BCUT2D eigenvalue weighted by molar-refractivity contribution is 5.33. The molecule has 3 rings (SSSR count). The average molecular weight is 333 g/mol. The van der Waals surface area contributed by atoms with Gasteiger partial charge in [-0.3, -0.25) is 0 Å². The van der Waals surface area contributed by atoms with E-state index < -0.39 is 17.7 Å². The van der Waals surface area contributed by atoms with E-state index in [9.17, 15) is 13.9 Å². The van der Waals surface area contributed by atoms with Gasteiger partial charge < -0.3 is 15.3 Å². The van der Waals surface area contributed by atoms with Gasteiger partial charge in [0.1, 0.15) is 5.82 Å². The molecule has 2 unspecified atom stereocenters. The van der Waals surface area contributed by atoms with Crippen LogP contribution in [-0.4, -0.2) is 41.2 Å². The lowest BCUT2D eigenvalue weighted by molar-refractivity contribution is 0.124. The van der Waals surface area contributed by atoms with E-state index in [0.717, 1.165) is 44.0 Å². The number of nitrogens with zero attached hydrogens (tertiary/aromatic N) is 2. The number of hydrogen-bond donors (Lipinski definition) is 2. The summed E-state index contributed by atoms with van der Waals surface area (Å²) in [6.07, 6.45) is 1.97. The number of likely N-dealkylation sites (tertiary alicyclic amines) is 1. The number of aliphatic hydroxyl groups is 1. The zero-order valence-corrected chi connectivity index (χ0v) is 13.3. The number of rotatable bonds is 6. The van der Waals surface area contributed by atoms with Gasteiger partial charge in [0.15, 0.2) is 11.6 Å². The molecular formula is C18H21F2N3O. The second-order valence-electron chi connectivity index (χ2n) is 6.20. The third-order valence-electron chi connectivity index (χ3n) is 4.37. The lowest BCUT2D eigenvalue weighted by Crippen LogP contribution is -2.27. The molecule has 2 N–H and O–H groups in total. The summed E-state index contributed by atoms with van der Waals surface area (Å²) in [5, 5.41) is 13.5. The zero-order valence-electron chi connectivity index (χ0n) is 13.3. The highest BCUT2D eigenvalue weighted by Gasteiger charge is 2.24. The molecule has 0 amide bonds. The van der Waals surface area contributed by atoms with Crippen molar-refractivity contribution in [2.24, 2.45) is 5.92 Å². The summed E-state index contributed by atoms with van der Waals surface area (Å²) < 4.78 is 26.2. The predicted octanol–water partition coefficient (Wildman–Crippen LogP) is 2.83. The van der Waals surface area contributed by atoms with Gasteiger partial charge in [-0.05, 0) is 48.7 Å². The van der Waals surface area contributed by atoms with Crippen LogP contribution in [0.1, 0.15) is 18.1 Å². The standard InChI is InChI=1S/C18H21F2N3O/c19-15-5-4-14(9-16(15)20)17(24)12-23-8-6-13(11-23)10-22-18-3-1-2-7-21-18/h1-5,7,9,13,17,24H,6,8,10-12H2,(H,21,22). The predicted molar refractivity (Wildman–Crippen MR) is 88.6 cm³/mol. The molecule has 0 bridgehead atoms. The number of halogens is 2. The Kier molecular flexibility index (Phi) is 5.37. The molecule has 0 saturated carbocycles. The molecule has 0 spiro atoms. The van der Waals surface area contributed by atoms with Gasteiger partial charge in [-0.1, -0.05) is 12.1 Å². The van der Waals surface area contributed by atoms with Crippen LogP contribution in [0.15, 0.2) is 42.6 Å². The van der Waals surface area contributed by atoms with Crippen molar-refractivity contribution in [3.63, 3.8) is 0 Å². The number of aromatic nitrogens is 1. The minimum atomic E-state index is -0.926. The van der Waals surface area contributed by atoms with Crippen LogP contribution in [0.5, 0.6) is 0 Å². The van der Waals surface area contributed by atoms with Crippen molar-refractivity contribution in [1.82, 2.24) is 9.88 Å². The van der Waals surface area contributed by atoms with Gasteiger partial charge in [-0.25, -0.2) is 13.8 Å². The van der Waals surface area contributed by atoms with Gasteiger partial charge >= 0.3 is 0 Å². The maximum absolute atomic E-state index is 13.3. The fourth-order valence-electron chi connectivity index (χ4n) is 3.03. The zero-order chi connectivity index (χ0) is 16.9. The second-order valence-corrected chi connectivity index (χ2v) is 6.20. The number of pyridine rings is 1. The van der Waals surface area contributed by atoms with E-state index in [1.54, 1.807) is 6.20 Å². The maximum atomic E-state index is 13.3. The van der Waals surface area contributed by atoms with Crippen LogP contribution in [0.25, 0.3) is 0 Å². The van der Waals surface area contributed by atoms with Gasteiger partial charge in [-0.2, -0.15) is 0 Å². The van der Waals surface area contributed by atoms with Crippen molar-refractivity contribution < 1.29 is 13.9 Å². The monoisotopic (exact) mass is 333 g/mol. The van der Waals surface area contributed by atoms with E-state index >= 15 is 0 Å². The number of β-amino-alcohol motifs (C(OH)–C–C–N with tert-alkyl or cyclic N) is 1. The topological polar surface area (TPSA) is 48.4 Å². The SMILES string of the molecule is OC(CN1CCC(CNc2ccccn2)C1)c1ccc(F)c(F)c1. The van der Waals surface area contributed by atoms with Crippen LogP contribution >= 0.6 is 0 Å². The van der Waals surface area contributed by atoms with Crippen molar-refractivity contribution >= 4 is 5.82 Å². The van der Waals surface area contributed by atoms with E-state index in [-0.39, 0.29) is 0 Å². The van der Waals surface area contributed by atoms with Crippen LogP contribution in [0.2, 0.25) is 0 Å². The molecule has 1 aromatic heterocycles. The summed E-state index contributed by atoms with van der Waals surface area (Å²) in [7, 11) is 0. The van der Waals surface area contributed by atoms with E-state index in [0.29, 0.717) is 18.0 Å². The summed E-state index contributed by atoms with van der Waals surface area (Å²) in [4.78, 5) is 6.38. The largest absolute Gasteiger partial charge is 0.387 e. The number of benzene rings is 1. The van der Waals surface area contributed by atoms with Crippen molar-refractivity contribution in [3.05, 3.63) is 59.8 Å². The fourth-order valence-corrected chi connectivity index (χ4v) is 3.03. The molecule has 1 fully saturated rings. The summed E-state index contributed by atoms with van der Waals surface area (Å²) in [5.41, 5.74) is 0.406. The van der Waals surface area contributed by atoms with Crippen molar-refractivity contribution in [2.45, 2.75) is 12.5 Å². The second kappa shape index (κ2) is 7.68. The van der Waals surface area contributed by atoms with Crippen LogP contribution in [0, 0.1) is 17.6 Å². The molecule has 4 nitrogen and oxygen atoms in total. The Morgan fingerprint density at radius 3 is 2.88 bits per heavy atom. The molecule has 0 radical (unpaired) electrons. The van der Waals surface area contributed by atoms with Crippen molar-refractivity contribution in [3.8, 4) is 0 Å². The Bertz CT molecular complexity index is 669. The molecule has 1 aliphatic heterocycles. The summed E-state index contributed by atoms with van der Waals surface area (Å²) in [6.45, 7) is 3.00. The lowest BCUT2D eigenvalue weighted by atomic mass is 10.1. The average Bonchev–Trinajstić information content (AvgIpc) is 3.04. The molecule has 24 heavy (non-hydrogen) atoms. The molecule has 6 heteroatoms. The summed E-state index contributed by atoms with van der Waals surface area (Å²) in [6, 6.07) is 9.29. The minimum absolute atomic E-state index is 0.406. The third-order valence-corrected chi connectivity index (χ3v) is 4.37. The van der Waals surface area contributed by atoms with E-state index in [1.165, 1.54) is 6.07 Å². The molecule has 2 aromatic rings. The smallest absolute Gasteiger partial charge is 0.159 e. The summed E-state index contributed by atoms with van der Waals surface area (Å²) in [5.74, 6) is -0.486. The first kappa shape index (κ1) is 16.8. The molecule has 2 heterocycles. The van der Waals surface area contributed by atoms with Gasteiger partial charge in [-0.15, -0.1) is 0 Å². The van der Waals surface area contributed by atoms with Crippen LogP contribution in [0.4, 0.5) is 14.6 Å².